The predicted octanol–water partition coefficient (Wildman–Crippen LogP) is -0.942. The van der Waals surface area contributed by atoms with Gasteiger partial charge in [0, 0.05) is 6.54 Å². The fraction of sp³-hybridized carbons (Fsp3) is 0.429. The average molecular weight is 276 g/mol. The van der Waals surface area contributed by atoms with E-state index in [9.17, 15) is 18.5 Å². The Hall–Kier alpha value is -2.01. The first-order valence-corrected chi connectivity index (χ1v) is 6.52. The van der Waals surface area contributed by atoms with Crippen molar-refractivity contribution < 1.29 is 13.3 Å². The van der Waals surface area contributed by atoms with Gasteiger partial charge in [-0.2, -0.15) is 0 Å². The zero-order valence-electron chi connectivity index (χ0n) is 9.24. The molecule has 1 aromatic heterocycles. The maximum atomic E-state index is 10.7. The van der Waals surface area contributed by atoms with Crippen molar-refractivity contribution in [2.75, 3.05) is 23.3 Å². The highest BCUT2D eigenvalue weighted by molar-refractivity contribution is 7.89. The molecule has 1 heterocycles. The van der Waals surface area contributed by atoms with Gasteiger partial charge in [0.1, 0.15) is 6.33 Å². The van der Waals surface area contributed by atoms with Gasteiger partial charge in [-0.15, -0.1) is 0 Å². The van der Waals surface area contributed by atoms with E-state index in [-0.39, 0.29) is 30.4 Å². The number of nitrogen functional groups attached to an aromatic ring is 1. The quantitative estimate of drug-likeness (QED) is 0.339. The van der Waals surface area contributed by atoms with Crippen LogP contribution in [0.3, 0.4) is 0 Å². The lowest BCUT2D eigenvalue weighted by Crippen LogP contribution is -2.19. The molecule has 0 unspecified atom stereocenters. The van der Waals surface area contributed by atoms with E-state index in [1.807, 2.05) is 0 Å². The molecule has 0 saturated carbocycles. The zero-order chi connectivity index (χ0) is 13.8. The molecule has 0 spiro atoms. The topological polar surface area (TPSA) is 167 Å². The molecule has 0 aromatic carbocycles. The largest absolute Gasteiger partial charge is 0.378 e. The Kier molecular flexibility index (Phi) is 4.33. The van der Waals surface area contributed by atoms with Crippen molar-refractivity contribution in [2.45, 2.75) is 6.42 Å². The van der Waals surface area contributed by atoms with Crippen LogP contribution in [0.25, 0.3) is 0 Å². The Morgan fingerprint density at radius 1 is 1.44 bits per heavy atom. The first kappa shape index (κ1) is 14.1. The Balaban J connectivity index is 2.68. The normalized spacial score (nSPS) is 11.2. The molecular weight excluding hydrogens is 264 g/mol. The summed E-state index contributed by atoms with van der Waals surface area (Å²) in [6.45, 7) is 0.160. The van der Waals surface area contributed by atoms with Gasteiger partial charge in [-0.1, -0.05) is 0 Å². The number of anilines is 2. The van der Waals surface area contributed by atoms with E-state index in [1.54, 1.807) is 0 Å². The minimum atomic E-state index is -3.54. The highest BCUT2D eigenvalue weighted by atomic mass is 32.2. The van der Waals surface area contributed by atoms with Gasteiger partial charge in [0.2, 0.25) is 21.7 Å². The molecule has 0 atom stereocenters. The van der Waals surface area contributed by atoms with E-state index in [4.69, 9.17) is 10.9 Å². The van der Waals surface area contributed by atoms with E-state index < -0.39 is 20.6 Å². The molecule has 0 amide bonds. The summed E-state index contributed by atoms with van der Waals surface area (Å²) in [6.07, 6.45) is 1.27. The third kappa shape index (κ3) is 4.10. The fourth-order valence-corrected chi connectivity index (χ4v) is 1.73. The summed E-state index contributed by atoms with van der Waals surface area (Å²) >= 11 is 0. The van der Waals surface area contributed by atoms with E-state index in [2.05, 4.69) is 15.3 Å². The molecule has 1 aromatic rings. The third-order valence-corrected chi connectivity index (χ3v) is 2.79. The monoisotopic (exact) mass is 276 g/mol. The van der Waals surface area contributed by atoms with E-state index in [1.165, 1.54) is 0 Å². The molecule has 100 valence electrons. The molecule has 1 rings (SSSR count). The summed E-state index contributed by atoms with van der Waals surface area (Å²) in [5.41, 5.74) is 4.91. The lowest BCUT2D eigenvalue weighted by atomic mass is 10.4. The van der Waals surface area contributed by atoms with Crippen LogP contribution in [-0.2, 0) is 10.0 Å². The molecule has 18 heavy (non-hydrogen) atoms. The van der Waals surface area contributed by atoms with Gasteiger partial charge in [-0.25, -0.2) is 23.5 Å². The number of sulfonamides is 1. The van der Waals surface area contributed by atoms with Crippen LogP contribution in [0.15, 0.2) is 6.33 Å². The van der Waals surface area contributed by atoms with Crippen molar-refractivity contribution in [3.63, 3.8) is 0 Å². The van der Waals surface area contributed by atoms with Gasteiger partial charge in [-0.3, -0.25) is 10.1 Å². The van der Waals surface area contributed by atoms with Crippen LogP contribution in [0.4, 0.5) is 17.3 Å². The maximum absolute atomic E-state index is 10.7. The van der Waals surface area contributed by atoms with Crippen molar-refractivity contribution in [3.8, 4) is 0 Å². The number of nitrogens with zero attached hydrogens (tertiary/aromatic N) is 3. The third-order valence-electron chi connectivity index (χ3n) is 1.93. The minimum Gasteiger partial charge on any atom is -0.378 e. The molecule has 0 radical (unpaired) electrons. The summed E-state index contributed by atoms with van der Waals surface area (Å²) in [5, 5.41) is 18.1. The Bertz CT molecular complexity index is 545. The van der Waals surface area contributed by atoms with Gasteiger partial charge in [0.25, 0.3) is 0 Å². The van der Waals surface area contributed by atoms with E-state index in [0.717, 1.165) is 6.33 Å². The second-order valence-electron chi connectivity index (χ2n) is 3.36. The molecule has 11 heteroatoms. The van der Waals surface area contributed by atoms with Crippen LogP contribution in [0, 0.1) is 10.1 Å². The number of rotatable bonds is 6. The summed E-state index contributed by atoms with van der Waals surface area (Å²) < 4.78 is 21.3. The lowest BCUT2D eigenvalue weighted by Gasteiger charge is -2.06. The molecule has 0 aliphatic heterocycles. The molecule has 5 N–H and O–H groups in total. The Labute approximate surface area is 103 Å². The van der Waals surface area contributed by atoms with Crippen LogP contribution in [0.1, 0.15) is 6.42 Å². The van der Waals surface area contributed by atoms with Gasteiger partial charge >= 0.3 is 5.69 Å². The van der Waals surface area contributed by atoms with Crippen LogP contribution in [0.2, 0.25) is 0 Å². The molecule has 0 saturated heterocycles. The predicted molar refractivity (Wildman–Crippen MR) is 64.2 cm³/mol. The van der Waals surface area contributed by atoms with Crippen LogP contribution < -0.4 is 16.2 Å². The summed E-state index contributed by atoms with van der Waals surface area (Å²) in [4.78, 5) is 17.2. The molecule has 0 fully saturated rings. The summed E-state index contributed by atoms with van der Waals surface area (Å²) in [5.74, 6) is -0.542. The van der Waals surface area contributed by atoms with Crippen LogP contribution >= 0.6 is 0 Å². The second kappa shape index (κ2) is 5.55. The smallest absolute Gasteiger partial charge is 0.352 e. The Morgan fingerprint density at radius 3 is 2.67 bits per heavy atom. The van der Waals surface area contributed by atoms with Crippen molar-refractivity contribution >= 4 is 27.3 Å². The lowest BCUT2D eigenvalue weighted by molar-refractivity contribution is -0.383. The number of hydrogen-bond acceptors (Lipinski definition) is 8. The van der Waals surface area contributed by atoms with Gasteiger partial charge in [-0.05, 0) is 6.42 Å². The summed E-state index contributed by atoms with van der Waals surface area (Å²) in [6, 6.07) is 0. The van der Waals surface area contributed by atoms with Crippen LogP contribution in [-0.4, -0.2) is 35.6 Å². The van der Waals surface area contributed by atoms with Gasteiger partial charge in [0.15, 0.2) is 0 Å². The number of nitro groups is 1. The first-order valence-electron chi connectivity index (χ1n) is 4.80. The number of aromatic nitrogens is 2. The number of hydrogen-bond donors (Lipinski definition) is 3. The maximum Gasteiger partial charge on any atom is 0.352 e. The van der Waals surface area contributed by atoms with Gasteiger partial charge in [0.05, 0.1) is 10.7 Å². The van der Waals surface area contributed by atoms with Crippen LogP contribution in [0.5, 0.6) is 0 Å². The molecule has 0 aliphatic carbocycles. The SMILES string of the molecule is Nc1ncnc(NCCCS(N)(=O)=O)c1[N+](=O)[O-]. The number of nitrogens with one attached hydrogen (secondary N) is 1. The molecule has 0 bridgehead atoms. The fourth-order valence-electron chi connectivity index (χ4n) is 1.18. The van der Waals surface area contributed by atoms with Crippen molar-refractivity contribution in [3.05, 3.63) is 16.4 Å². The highest BCUT2D eigenvalue weighted by Gasteiger charge is 2.20. The minimum absolute atomic E-state index is 0.0538. The second-order valence-corrected chi connectivity index (χ2v) is 5.09. The first-order chi connectivity index (χ1) is 8.31. The Morgan fingerprint density at radius 2 is 2.11 bits per heavy atom. The number of primary sulfonamides is 1. The van der Waals surface area contributed by atoms with Gasteiger partial charge < -0.3 is 11.1 Å². The molecular formula is C7H12N6O4S. The molecule has 0 aliphatic rings. The standard InChI is InChI=1S/C7H12N6O4S/c8-6-5(13(14)15)7(12-4-11-6)10-2-1-3-18(9,16)17/h4H,1-3H2,(H2,9,16,17)(H3,8,10,11,12). The van der Waals surface area contributed by atoms with E-state index in [0.29, 0.717) is 0 Å². The van der Waals surface area contributed by atoms with Crippen molar-refractivity contribution in [1.82, 2.24) is 9.97 Å². The number of nitrogens with two attached hydrogens (primary N) is 2. The summed E-state index contributed by atoms with van der Waals surface area (Å²) in [7, 11) is -3.54. The zero-order valence-corrected chi connectivity index (χ0v) is 10.1. The molecule has 10 nitrogen and oxygen atoms in total. The van der Waals surface area contributed by atoms with Crippen molar-refractivity contribution in [2.24, 2.45) is 5.14 Å². The highest BCUT2D eigenvalue weighted by Crippen LogP contribution is 2.25. The average Bonchev–Trinajstić information content (AvgIpc) is 2.22. The van der Waals surface area contributed by atoms with E-state index >= 15 is 0 Å². The van der Waals surface area contributed by atoms with Crippen molar-refractivity contribution in [1.29, 1.82) is 0 Å².